The fourth-order valence-electron chi connectivity index (χ4n) is 2.35. The summed E-state index contributed by atoms with van der Waals surface area (Å²) in [6, 6.07) is 3.29. The second-order valence-corrected chi connectivity index (χ2v) is 7.59. The SMILES string of the molecule is O=C(O)c1cc(S(=O)(=O)NC2CCCCC2O)ccc1Br. The molecule has 0 bridgehead atoms. The monoisotopic (exact) mass is 377 g/mol. The largest absolute Gasteiger partial charge is 0.478 e. The Morgan fingerprint density at radius 2 is 1.95 bits per heavy atom. The van der Waals surface area contributed by atoms with Gasteiger partial charge >= 0.3 is 5.97 Å². The third kappa shape index (κ3) is 3.82. The molecule has 1 aliphatic rings. The number of carboxylic acid groups (broad SMARTS) is 1. The number of aliphatic hydroxyl groups is 1. The normalized spacial score (nSPS) is 23.0. The van der Waals surface area contributed by atoms with Gasteiger partial charge < -0.3 is 10.2 Å². The number of rotatable bonds is 4. The molecule has 1 saturated carbocycles. The second-order valence-electron chi connectivity index (χ2n) is 5.03. The van der Waals surface area contributed by atoms with Gasteiger partial charge in [-0.25, -0.2) is 17.9 Å². The molecule has 8 heteroatoms. The first-order valence-corrected chi connectivity index (χ1v) is 8.82. The minimum Gasteiger partial charge on any atom is -0.478 e. The lowest BCUT2D eigenvalue weighted by atomic mass is 9.93. The number of aliphatic hydroxyl groups excluding tert-OH is 1. The third-order valence-corrected chi connectivity index (χ3v) is 5.69. The van der Waals surface area contributed by atoms with Gasteiger partial charge in [0.15, 0.2) is 0 Å². The molecule has 2 atom stereocenters. The van der Waals surface area contributed by atoms with Crippen LogP contribution in [0.4, 0.5) is 0 Å². The number of carbonyl (C=O) groups is 1. The van der Waals surface area contributed by atoms with E-state index in [0.29, 0.717) is 17.3 Å². The van der Waals surface area contributed by atoms with Crippen LogP contribution in [0.1, 0.15) is 36.0 Å². The molecule has 0 amide bonds. The number of benzene rings is 1. The lowest BCUT2D eigenvalue weighted by Crippen LogP contribution is -2.44. The summed E-state index contributed by atoms with van der Waals surface area (Å²) in [6.45, 7) is 0. The summed E-state index contributed by atoms with van der Waals surface area (Å²) in [5, 5.41) is 18.9. The Bertz CT molecular complexity index is 646. The lowest BCUT2D eigenvalue weighted by Gasteiger charge is -2.28. The van der Waals surface area contributed by atoms with Crippen LogP contribution in [0.15, 0.2) is 27.6 Å². The van der Waals surface area contributed by atoms with Gasteiger partial charge in [-0.3, -0.25) is 0 Å². The fourth-order valence-corrected chi connectivity index (χ4v) is 4.10. The van der Waals surface area contributed by atoms with Crippen molar-refractivity contribution in [1.29, 1.82) is 0 Å². The minimum absolute atomic E-state index is 0.123. The second kappa shape index (κ2) is 6.43. The molecule has 0 heterocycles. The van der Waals surface area contributed by atoms with Crippen molar-refractivity contribution < 1.29 is 23.4 Å². The van der Waals surface area contributed by atoms with Gasteiger partial charge in [0.05, 0.1) is 16.6 Å². The highest BCUT2D eigenvalue weighted by Crippen LogP contribution is 2.23. The maximum atomic E-state index is 12.3. The van der Waals surface area contributed by atoms with Crippen LogP contribution in [0.25, 0.3) is 0 Å². The van der Waals surface area contributed by atoms with Crippen molar-refractivity contribution in [3.05, 3.63) is 28.2 Å². The van der Waals surface area contributed by atoms with Crippen LogP contribution in [-0.4, -0.2) is 36.7 Å². The molecule has 1 aromatic rings. The van der Waals surface area contributed by atoms with E-state index in [1.54, 1.807) is 0 Å². The van der Waals surface area contributed by atoms with Crippen molar-refractivity contribution in [3.8, 4) is 0 Å². The molecule has 1 fully saturated rings. The highest BCUT2D eigenvalue weighted by molar-refractivity contribution is 9.10. The highest BCUT2D eigenvalue weighted by Gasteiger charge is 2.28. The molecule has 0 spiro atoms. The van der Waals surface area contributed by atoms with Gasteiger partial charge in [-0.1, -0.05) is 12.8 Å². The van der Waals surface area contributed by atoms with Gasteiger partial charge in [0.2, 0.25) is 10.0 Å². The van der Waals surface area contributed by atoms with Gasteiger partial charge in [0.25, 0.3) is 0 Å². The number of nitrogens with one attached hydrogen (secondary N) is 1. The molecule has 1 aliphatic carbocycles. The molecule has 21 heavy (non-hydrogen) atoms. The van der Waals surface area contributed by atoms with Gasteiger partial charge in [-0.2, -0.15) is 0 Å². The average Bonchev–Trinajstić information content (AvgIpc) is 2.41. The molecule has 0 aliphatic heterocycles. The molecule has 2 unspecified atom stereocenters. The van der Waals surface area contributed by atoms with E-state index in [1.807, 2.05) is 0 Å². The zero-order valence-electron chi connectivity index (χ0n) is 11.1. The van der Waals surface area contributed by atoms with Crippen LogP contribution in [0.5, 0.6) is 0 Å². The van der Waals surface area contributed by atoms with Crippen LogP contribution in [0, 0.1) is 0 Å². The highest BCUT2D eigenvalue weighted by atomic mass is 79.9. The van der Waals surface area contributed by atoms with Crippen LogP contribution < -0.4 is 4.72 Å². The molecular formula is C13H16BrNO5S. The van der Waals surface area contributed by atoms with Crippen molar-refractivity contribution >= 4 is 31.9 Å². The van der Waals surface area contributed by atoms with Gasteiger partial charge in [-0.15, -0.1) is 0 Å². The molecule has 0 radical (unpaired) electrons. The van der Waals surface area contributed by atoms with Crippen molar-refractivity contribution in [3.63, 3.8) is 0 Å². The first-order valence-electron chi connectivity index (χ1n) is 6.54. The lowest BCUT2D eigenvalue weighted by molar-refractivity contribution is 0.0695. The van der Waals surface area contributed by atoms with Gasteiger partial charge in [0.1, 0.15) is 0 Å². The Morgan fingerprint density at radius 3 is 2.57 bits per heavy atom. The van der Waals surface area contributed by atoms with Crippen LogP contribution >= 0.6 is 15.9 Å². The van der Waals surface area contributed by atoms with Crippen LogP contribution in [0.2, 0.25) is 0 Å². The first-order chi connectivity index (χ1) is 9.81. The van der Waals surface area contributed by atoms with E-state index in [4.69, 9.17) is 5.11 Å². The number of carboxylic acids is 1. The molecule has 1 aromatic carbocycles. The quantitative estimate of drug-likeness (QED) is 0.740. The minimum atomic E-state index is -3.86. The topological polar surface area (TPSA) is 104 Å². The Kier molecular flexibility index (Phi) is 5.03. The van der Waals surface area contributed by atoms with Crippen molar-refractivity contribution in [2.75, 3.05) is 0 Å². The summed E-state index contributed by atoms with van der Waals surface area (Å²) in [7, 11) is -3.86. The molecule has 2 rings (SSSR count). The van der Waals surface area contributed by atoms with Crippen molar-refractivity contribution in [1.82, 2.24) is 4.72 Å². The molecule has 6 nitrogen and oxygen atoms in total. The smallest absolute Gasteiger partial charge is 0.336 e. The van der Waals surface area contributed by atoms with Crippen LogP contribution in [0.3, 0.4) is 0 Å². The molecule has 0 aromatic heterocycles. The molecular weight excluding hydrogens is 362 g/mol. The number of hydrogen-bond donors (Lipinski definition) is 3. The number of sulfonamides is 1. The average molecular weight is 378 g/mol. The van der Waals surface area contributed by atoms with E-state index in [9.17, 15) is 18.3 Å². The van der Waals surface area contributed by atoms with E-state index < -0.39 is 28.1 Å². The van der Waals surface area contributed by atoms with Crippen molar-refractivity contribution in [2.45, 2.75) is 42.7 Å². The predicted octanol–water partition coefficient (Wildman–Crippen LogP) is 1.73. The summed E-state index contributed by atoms with van der Waals surface area (Å²) in [5.74, 6) is -1.21. The van der Waals surface area contributed by atoms with E-state index >= 15 is 0 Å². The first kappa shape index (κ1) is 16.4. The zero-order valence-corrected chi connectivity index (χ0v) is 13.5. The Balaban J connectivity index is 2.27. The summed E-state index contributed by atoms with van der Waals surface area (Å²) in [5.41, 5.74) is -0.123. The fraction of sp³-hybridized carbons (Fsp3) is 0.462. The van der Waals surface area contributed by atoms with E-state index in [2.05, 4.69) is 20.7 Å². The summed E-state index contributed by atoms with van der Waals surface area (Å²) >= 11 is 3.07. The van der Waals surface area contributed by atoms with E-state index in [-0.39, 0.29) is 10.5 Å². The summed E-state index contributed by atoms with van der Waals surface area (Å²) in [4.78, 5) is 10.9. The molecule has 116 valence electrons. The standard InChI is InChI=1S/C13H16BrNO5S/c14-10-6-5-8(7-9(10)13(17)18)21(19,20)15-11-3-1-2-4-12(11)16/h5-7,11-12,15-16H,1-4H2,(H,17,18). The Hall–Kier alpha value is -0.960. The summed E-state index contributed by atoms with van der Waals surface area (Å²) in [6.07, 6.45) is 2.16. The number of aromatic carboxylic acids is 1. The summed E-state index contributed by atoms with van der Waals surface area (Å²) < 4.78 is 27.4. The number of hydrogen-bond acceptors (Lipinski definition) is 4. The van der Waals surface area contributed by atoms with E-state index in [0.717, 1.165) is 18.9 Å². The molecule has 0 saturated heterocycles. The van der Waals surface area contributed by atoms with E-state index in [1.165, 1.54) is 12.1 Å². The maximum absolute atomic E-state index is 12.3. The van der Waals surface area contributed by atoms with Gasteiger partial charge in [0, 0.05) is 10.5 Å². The van der Waals surface area contributed by atoms with Crippen LogP contribution in [-0.2, 0) is 10.0 Å². The Labute approximate surface area is 131 Å². The number of halogens is 1. The third-order valence-electron chi connectivity index (χ3n) is 3.51. The van der Waals surface area contributed by atoms with Crippen molar-refractivity contribution in [2.24, 2.45) is 0 Å². The zero-order chi connectivity index (χ0) is 15.6. The maximum Gasteiger partial charge on any atom is 0.336 e. The Morgan fingerprint density at radius 1 is 1.29 bits per heavy atom. The molecule has 3 N–H and O–H groups in total. The predicted molar refractivity (Wildman–Crippen MR) is 79.7 cm³/mol. The van der Waals surface area contributed by atoms with Gasteiger partial charge in [-0.05, 0) is 47.0 Å².